The molecule has 1 unspecified atom stereocenters. The van der Waals surface area contributed by atoms with Gasteiger partial charge in [-0.2, -0.15) is 11.3 Å². The molecule has 1 aliphatic heterocycles. The van der Waals surface area contributed by atoms with Gasteiger partial charge in [0.15, 0.2) is 9.84 Å². The highest BCUT2D eigenvalue weighted by atomic mass is 79.9. The predicted molar refractivity (Wildman–Crippen MR) is 66.5 cm³/mol. The molecule has 1 saturated heterocycles. The first-order valence-corrected chi connectivity index (χ1v) is 8.26. The molecule has 0 spiro atoms. The molecule has 0 bridgehead atoms. The van der Waals surface area contributed by atoms with Crippen molar-refractivity contribution in [3.63, 3.8) is 0 Å². The first-order chi connectivity index (χ1) is 7.48. The van der Waals surface area contributed by atoms with E-state index in [9.17, 15) is 13.2 Å². The van der Waals surface area contributed by atoms with Crippen LogP contribution in [0.25, 0.3) is 0 Å². The first kappa shape index (κ1) is 12.1. The largest absolute Gasteiger partial charge is 0.348 e. The number of rotatable bonds is 2. The van der Waals surface area contributed by atoms with E-state index in [0.717, 1.165) is 4.47 Å². The second-order valence-corrected chi connectivity index (χ2v) is 7.53. The molecule has 0 aliphatic carbocycles. The number of carbonyl (C=O) groups is 1. The SMILES string of the molecule is O=C(NC1CCS(=O)(=O)C1)c1cscc1Br. The van der Waals surface area contributed by atoms with Crippen molar-refractivity contribution < 1.29 is 13.2 Å². The van der Waals surface area contributed by atoms with Gasteiger partial charge in [0.25, 0.3) is 5.91 Å². The summed E-state index contributed by atoms with van der Waals surface area (Å²) < 4.78 is 23.2. The van der Waals surface area contributed by atoms with Crippen LogP contribution in [0, 0.1) is 0 Å². The fourth-order valence-electron chi connectivity index (χ4n) is 1.62. The molecule has 1 aromatic rings. The number of thiophene rings is 1. The van der Waals surface area contributed by atoms with Crippen LogP contribution < -0.4 is 5.32 Å². The fraction of sp³-hybridized carbons (Fsp3) is 0.444. The summed E-state index contributed by atoms with van der Waals surface area (Å²) in [5.74, 6) is 0.0127. The highest BCUT2D eigenvalue weighted by Gasteiger charge is 2.29. The number of hydrogen-bond acceptors (Lipinski definition) is 4. The van der Waals surface area contributed by atoms with E-state index in [1.165, 1.54) is 11.3 Å². The lowest BCUT2D eigenvalue weighted by molar-refractivity contribution is 0.0941. The number of hydrogen-bond donors (Lipinski definition) is 1. The summed E-state index contributed by atoms with van der Waals surface area (Å²) in [5.41, 5.74) is 0.564. The summed E-state index contributed by atoms with van der Waals surface area (Å²) in [4.78, 5) is 11.8. The van der Waals surface area contributed by atoms with Crippen LogP contribution in [-0.4, -0.2) is 31.9 Å². The van der Waals surface area contributed by atoms with Crippen molar-refractivity contribution >= 4 is 43.0 Å². The molecule has 0 radical (unpaired) electrons. The first-order valence-electron chi connectivity index (χ1n) is 4.71. The normalized spacial score (nSPS) is 23.2. The molecule has 1 amide bonds. The smallest absolute Gasteiger partial charge is 0.253 e. The van der Waals surface area contributed by atoms with Gasteiger partial charge in [-0.1, -0.05) is 0 Å². The predicted octanol–water partition coefficient (Wildman–Crippen LogP) is 1.43. The molecule has 1 atom stereocenters. The van der Waals surface area contributed by atoms with Crippen molar-refractivity contribution in [1.82, 2.24) is 5.32 Å². The van der Waals surface area contributed by atoms with Gasteiger partial charge in [-0.05, 0) is 22.4 Å². The Morgan fingerprint density at radius 2 is 2.25 bits per heavy atom. The Kier molecular flexibility index (Phi) is 3.37. The van der Waals surface area contributed by atoms with E-state index in [0.29, 0.717) is 12.0 Å². The van der Waals surface area contributed by atoms with Gasteiger partial charge in [0.1, 0.15) is 0 Å². The van der Waals surface area contributed by atoms with E-state index in [4.69, 9.17) is 0 Å². The highest BCUT2D eigenvalue weighted by molar-refractivity contribution is 9.10. The van der Waals surface area contributed by atoms with Crippen molar-refractivity contribution in [1.29, 1.82) is 0 Å². The van der Waals surface area contributed by atoms with Crippen LogP contribution in [0.4, 0.5) is 0 Å². The quantitative estimate of drug-likeness (QED) is 0.895. The van der Waals surface area contributed by atoms with Crippen LogP contribution in [0.2, 0.25) is 0 Å². The van der Waals surface area contributed by atoms with Gasteiger partial charge in [-0.25, -0.2) is 8.42 Å². The Balaban J connectivity index is 2.02. The number of amides is 1. The number of nitrogens with one attached hydrogen (secondary N) is 1. The molecule has 0 saturated carbocycles. The van der Waals surface area contributed by atoms with Gasteiger partial charge in [-0.15, -0.1) is 0 Å². The zero-order valence-corrected chi connectivity index (χ0v) is 11.5. The van der Waals surface area contributed by atoms with E-state index in [2.05, 4.69) is 21.2 Å². The Morgan fingerprint density at radius 1 is 1.50 bits per heavy atom. The minimum atomic E-state index is -2.94. The average molecular weight is 324 g/mol. The Hall–Kier alpha value is -0.400. The van der Waals surface area contributed by atoms with Crippen molar-refractivity contribution in [2.45, 2.75) is 12.5 Å². The van der Waals surface area contributed by atoms with Crippen LogP contribution in [0.1, 0.15) is 16.8 Å². The molecule has 16 heavy (non-hydrogen) atoms. The fourth-order valence-corrected chi connectivity index (χ4v) is 4.74. The zero-order chi connectivity index (χ0) is 11.8. The Labute approximate surface area is 106 Å². The summed E-state index contributed by atoms with van der Waals surface area (Å²) in [6, 6.07) is -0.246. The molecule has 1 aliphatic rings. The molecular formula is C9H10BrNO3S2. The van der Waals surface area contributed by atoms with Crippen molar-refractivity contribution in [3.8, 4) is 0 Å². The third kappa shape index (κ3) is 2.64. The van der Waals surface area contributed by atoms with Crippen LogP contribution in [0.5, 0.6) is 0 Å². The standard InChI is InChI=1S/C9H10BrNO3S2/c10-8-4-15-3-7(8)9(12)11-6-1-2-16(13,14)5-6/h3-4,6H,1-2,5H2,(H,11,12). The minimum Gasteiger partial charge on any atom is -0.348 e. The monoisotopic (exact) mass is 323 g/mol. The van der Waals surface area contributed by atoms with Crippen molar-refractivity contribution in [2.75, 3.05) is 11.5 Å². The minimum absolute atomic E-state index is 0.0560. The van der Waals surface area contributed by atoms with Crippen molar-refractivity contribution in [2.24, 2.45) is 0 Å². The lowest BCUT2D eigenvalue weighted by Gasteiger charge is -2.09. The molecule has 88 valence electrons. The molecule has 1 aromatic heterocycles. The highest BCUT2D eigenvalue weighted by Crippen LogP contribution is 2.21. The third-order valence-electron chi connectivity index (χ3n) is 2.43. The molecule has 0 aromatic carbocycles. The molecule has 7 heteroatoms. The lowest BCUT2D eigenvalue weighted by Crippen LogP contribution is -2.35. The summed E-state index contributed by atoms with van der Waals surface area (Å²) in [7, 11) is -2.94. The zero-order valence-electron chi connectivity index (χ0n) is 8.27. The number of carbonyl (C=O) groups excluding carboxylic acids is 1. The van der Waals surface area contributed by atoms with E-state index >= 15 is 0 Å². The van der Waals surface area contributed by atoms with Crippen LogP contribution >= 0.6 is 27.3 Å². The third-order valence-corrected chi connectivity index (χ3v) is 5.90. The molecule has 1 fully saturated rings. The van der Waals surface area contributed by atoms with E-state index < -0.39 is 9.84 Å². The van der Waals surface area contributed by atoms with Gasteiger partial charge < -0.3 is 5.32 Å². The average Bonchev–Trinajstić information content (AvgIpc) is 2.72. The second kappa shape index (κ2) is 4.46. The molecule has 4 nitrogen and oxygen atoms in total. The van der Waals surface area contributed by atoms with E-state index in [1.807, 2.05) is 5.38 Å². The Bertz CT molecular complexity index is 509. The molecular weight excluding hydrogens is 314 g/mol. The maximum Gasteiger partial charge on any atom is 0.253 e. The number of sulfone groups is 1. The summed E-state index contributed by atoms with van der Waals surface area (Å²) in [6.07, 6.45) is 0.510. The van der Waals surface area contributed by atoms with Crippen LogP contribution in [0.15, 0.2) is 15.2 Å². The maximum atomic E-state index is 11.8. The lowest BCUT2D eigenvalue weighted by atomic mass is 10.2. The Morgan fingerprint density at radius 3 is 2.75 bits per heavy atom. The summed E-state index contributed by atoms with van der Waals surface area (Å²) in [6.45, 7) is 0. The van der Waals surface area contributed by atoms with Gasteiger partial charge >= 0.3 is 0 Å². The topological polar surface area (TPSA) is 63.2 Å². The van der Waals surface area contributed by atoms with Crippen molar-refractivity contribution in [3.05, 3.63) is 20.8 Å². The van der Waals surface area contributed by atoms with E-state index in [1.54, 1.807) is 5.38 Å². The van der Waals surface area contributed by atoms with Crippen LogP contribution in [-0.2, 0) is 9.84 Å². The van der Waals surface area contributed by atoms with Gasteiger partial charge in [0.05, 0.1) is 17.1 Å². The summed E-state index contributed by atoms with van der Waals surface area (Å²) in [5, 5.41) is 6.29. The second-order valence-electron chi connectivity index (χ2n) is 3.71. The van der Waals surface area contributed by atoms with Crippen LogP contribution in [0.3, 0.4) is 0 Å². The number of halogens is 1. The van der Waals surface area contributed by atoms with Gasteiger partial charge in [-0.3, -0.25) is 4.79 Å². The molecule has 1 N–H and O–H groups in total. The summed E-state index contributed by atoms with van der Waals surface area (Å²) >= 11 is 4.70. The van der Waals surface area contributed by atoms with Gasteiger partial charge in [0.2, 0.25) is 0 Å². The molecule has 2 heterocycles. The molecule has 2 rings (SSSR count). The van der Waals surface area contributed by atoms with E-state index in [-0.39, 0.29) is 23.5 Å². The van der Waals surface area contributed by atoms with Gasteiger partial charge in [0, 0.05) is 21.3 Å². The maximum absolute atomic E-state index is 11.8.